The second-order valence-electron chi connectivity index (χ2n) is 14.2. The highest BCUT2D eigenvalue weighted by molar-refractivity contribution is 6.06. The summed E-state index contributed by atoms with van der Waals surface area (Å²) in [6, 6.07) is 21.0. The number of allylic oxidation sites excluding steroid dienone is 1. The number of carbonyl (C=O) groups is 4. The number of ether oxygens (including phenoxy) is 3. The summed E-state index contributed by atoms with van der Waals surface area (Å²) >= 11 is 0. The molecule has 2 N–H and O–H groups in total. The first-order valence-electron chi connectivity index (χ1n) is 18.1. The van der Waals surface area contributed by atoms with Crippen molar-refractivity contribution in [3.63, 3.8) is 0 Å². The molecule has 8 atom stereocenters. The number of esters is 1. The number of methoxy groups -OCH3 is 1. The number of rotatable bonds is 7. The van der Waals surface area contributed by atoms with Gasteiger partial charge in [-0.2, -0.15) is 0 Å². The van der Waals surface area contributed by atoms with E-state index in [1.807, 2.05) is 92.7 Å². The summed E-state index contributed by atoms with van der Waals surface area (Å²) < 4.78 is 18.5. The van der Waals surface area contributed by atoms with E-state index in [0.29, 0.717) is 23.2 Å². The predicted octanol–water partition coefficient (Wildman–Crippen LogP) is 4.29. The quantitative estimate of drug-likeness (QED) is 0.273. The van der Waals surface area contributed by atoms with Crippen molar-refractivity contribution in [1.82, 2.24) is 10.2 Å². The predicted molar refractivity (Wildman–Crippen MR) is 196 cm³/mol. The second-order valence-corrected chi connectivity index (χ2v) is 14.2. The molecule has 3 amide bonds. The molecule has 0 aromatic heterocycles. The lowest BCUT2D eigenvalue weighted by atomic mass is 9.74. The van der Waals surface area contributed by atoms with Crippen LogP contribution in [0.25, 0.3) is 0 Å². The van der Waals surface area contributed by atoms with E-state index >= 15 is 9.59 Å². The van der Waals surface area contributed by atoms with Crippen LogP contribution in [0.2, 0.25) is 0 Å². The highest BCUT2D eigenvalue weighted by atomic mass is 16.6. The third kappa shape index (κ3) is 6.47. The van der Waals surface area contributed by atoms with Gasteiger partial charge in [0.1, 0.15) is 23.7 Å². The minimum Gasteiger partial charge on any atom is -0.455 e. The van der Waals surface area contributed by atoms with Gasteiger partial charge in [0.05, 0.1) is 37.3 Å². The molecule has 53 heavy (non-hydrogen) atoms. The normalized spacial score (nSPS) is 29.9. The summed E-state index contributed by atoms with van der Waals surface area (Å²) in [6.45, 7) is 3.57. The van der Waals surface area contributed by atoms with E-state index in [1.165, 1.54) is 12.0 Å². The Morgan fingerprint density at radius 1 is 0.925 bits per heavy atom. The summed E-state index contributed by atoms with van der Waals surface area (Å²) in [6.07, 6.45) is 5.92. The first kappa shape index (κ1) is 36.3. The maximum Gasteiger partial charge on any atom is 0.313 e. The molecular weight excluding hydrogens is 674 g/mol. The maximum absolute atomic E-state index is 15.4. The van der Waals surface area contributed by atoms with Crippen molar-refractivity contribution < 1.29 is 38.5 Å². The van der Waals surface area contributed by atoms with E-state index in [2.05, 4.69) is 5.32 Å². The standard InChI is InChI=1S/C42H45N3O8/c1-26-14-13-15-27(2)36(26)44-23-12-6-11-20-33(47)43-30(25-51-3)37(29-18-9-5-10-19-29)52-41(50)34-32-21-22-42(53-32)35(34)39(48)45(38(42)40(44)49)31(24-46)28-16-7-4-8-17-28/h4-10,12-19,21-22,30-32,34-35,37-38,46H,11,20,23-25H2,1-3H3,(H,43,47)/b12-6-/t30-,31-,32+,34-,35-,37-,38+,42-/m1/s1. The lowest BCUT2D eigenvalue weighted by Crippen LogP contribution is -2.57. The van der Waals surface area contributed by atoms with Gasteiger partial charge in [0.15, 0.2) is 0 Å². The molecule has 4 aliphatic heterocycles. The molecule has 4 heterocycles. The Balaban J connectivity index is 1.39. The fraction of sp³-hybridized carbons (Fsp3) is 0.381. The van der Waals surface area contributed by atoms with Crippen LogP contribution >= 0.6 is 0 Å². The average molecular weight is 720 g/mol. The molecule has 5 bridgehead atoms. The van der Waals surface area contributed by atoms with Crippen LogP contribution in [0.15, 0.2) is 103 Å². The van der Waals surface area contributed by atoms with Gasteiger partial charge in [-0.05, 0) is 42.5 Å². The van der Waals surface area contributed by atoms with Crippen molar-refractivity contribution in [3.05, 3.63) is 125 Å². The number of benzene rings is 3. The zero-order valence-corrected chi connectivity index (χ0v) is 30.1. The third-order valence-electron chi connectivity index (χ3n) is 10.9. The lowest BCUT2D eigenvalue weighted by Gasteiger charge is -2.39. The fourth-order valence-corrected chi connectivity index (χ4v) is 8.60. The number of nitrogens with zero attached hydrogens (tertiary/aromatic N) is 2. The molecular formula is C42H45N3O8. The molecule has 0 unspecified atom stereocenters. The van der Waals surface area contributed by atoms with Gasteiger partial charge in [0, 0.05) is 25.8 Å². The molecule has 3 aromatic carbocycles. The van der Waals surface area contributed by atoms with Gasteiger partial charge >= 0.3 is 5.97 Å². The third-order valence-corrected chi connectivity index (χ3v) is 10.9. The van der Waals surface area contributed by atoms with Crippen LogP contribution in [0.3, 0.4) is 0 Å². The second kappa shape index (κ2) is 15.1. The van der Waals surface area contributed by atoms with Crippen LogP contribution in [0.1, 0.15) is 47.2 Å². The van der Waals surface area contributed by atoms with Crippen molar-refractivity contribution in [3.8, 4) is 0 Å². The molecule has 1 spiro atoms. The van der Waals surface area contributed by atoms with Crippen LogP contribution in [0, 0.1) is 25.7 Å². The number of carbonyl (C=O) groups excluding carboxylic acids is 4. The number of likely N-dealkylation sites (tertiary alicyclic amines) is 1. The number of hydrogen-bond acceptors (Lipinski definition) is 8. The van der Waals surface area contributed by atoms with Crippen molar-refractivity contribution in [1.29, 1.82) is 0 Å². The topological polar surface area (TPSA) is 135 Å². The summed E-state index contributed by atoms with van der Waals surface area (Å²) in [5, 5.41) is 14.0. The molecule has 11 heteroatoms. The maximum atomic E-state index is 15.4. The molecule has 11 nitrogen and oxygen atoms in total. The fourth-order valence-electron chi connectivity index (χ4n) is 8.60. The van der Waals surface area contributed by atoms with Crippen LogP contribution < -0.4 is 10.2 Å². The van der Waals surface area contributed by atoms with Gasteiger partial charge in [0.2, 0.25) is 11.8 Å². The zero-order chi connectivity index (χ0) is 37.3. The van der Waals surface area contributed by atoms with Crippen molar-refractivity contribution in [2.75, 3.05) is 31.8 Å². The Labute approximate surface area is 309 Å². The molecule has 276 valence electrons. The molecule has 0 saturated carbocycles. The van der Waals surface area contributed by atoms with Gasteiger partial charge in [-0.1, -0.05) is 103 Å². The van der Waals surface area contributed by atoms with E-state index in [4.69, 9.17) is 14.2 Å². The van der Waals surface area contributed by atoms with Crippen LogP contribution in [0.5, 0.6) is 0 Å². The van der Waals surface area contributed by atoms with E-state index < -0.39 is 72.2 Å². The van der Waals surface area contributed by atoms with E-state index in [0.717, 1.165) is 11.1 Å². The molecule has 0 aliphatic carbocycles. The SMILES string of the molecule is COC[C@H]1NC(=O)CC/C=C\CN(c2c(C)cccc2C)C(=O)[C@@H]2N([C@H](CO)c3ccccc3)C(=O)[C@H]3[C@H](C(=O)O[C@@H]1c1ccccc1)[C@@H]1C=C[C@]23O1. The van der Waals surface area contributed by atoms with Gasteiger partial charge in [-0.15, -0.1) is 0 Å². The number of amides is 3. The summed E-state index contributed by atoms with van der Waals surface area (Å²) in [5.74, 6) is -4.11. The number of aliphatic hydroxyl groups is 1. The number of aliphatic hydroxyl groups excluding tert-OH is 1. The minimum absolute atomic E-state index is 0.0512. The first-order chi connectivity index (χ1) is 25.7. The Morgan fingerprint density at radius 2 is 1.62 bits per heavy atom. The van der Waals surface area contributed by atoms with Gasteiger partial charge in [0.25, 0.3) is 5.91 Å². The van der Waals surface area contributed by atoms with Crippen LogP contribution in [-0.2, 0) is 33.4 Å². The number of nitrogens with one attached hydrogen (secondary N) is 1. The number of hydrogen-bond donors (Lipinski definition) is 2. The smallest absolute Gasteiger partial charge is 0.313 e. The number of anilines is 1. The van der Waals surface area contributed by atoms with Crippen LogP contribution in [0.4, 0.5) is 5.69 Å². The Morgan fingerprint density at radius 3 is 2.30 bits per heavy atom. The molecule has 7 rings (SSSR count). The molecule has 2 saturated heterocycles. The van der Waals surface area contributed by atoms with E-state index in [9.17, 15) is 14.7 Å². The average Bonchev–Trinajstić information content (AvgIpc) is 3.81. The van der Waals surface area contributed by atoms with Crippen LogP contribution in [-0.4, -0.2) is 84.4 Å². The minimum atomic E-state index is -1.53. The van der Waals surface area contributed by atoms with Crippen molar-refractivity contribution >= 4 is 29.4 Å². The molecule has 3 aromatic rings. The van der Waals surface area contributed by atoms with Gasteiger partial charge < -0.3 is 34.4 Å². The summed E-state index contributed by atoms with van der Waals surface area (Å²) in [7, 11) is 1.51. The largest absolute Gasteiger partial charge is 0.455 e. The summed E-state index contributed by atoms with van der Waals surface area (Å²) in [5.41, 5.74) is 2.14. The number of fused-ring (bicyclic) bond motifs is 2. The van der Waals surface area contributed by atoms with E-state index in [-0.39, 0.29) is 25.5 Å². The van der Waals surface area contributed by atoms with Gasteiger partial charge in [-0.25, -0.2) is 0 Å². The Bertz CT molecular complexity index is 1900. The number of aryl methyl sites for hydroxylation is 2. The highest BCUT2D eigenvalue weighted by Gasteiger charge is 2.74. The monoisotopic (exact) mass is 719 g/mol. The Hall–Kier alpha value is -5.10. The molecule has 2 fully saturated rings. The number of para-hydroxylation sites is 1. The molecule has 0 radical (unpaired) electrons. The lowest BCUT2D eigenvalue weighted by molar-refractivity contribution is -0.162. The van der Waals surface area contributed by atoms with Crippen molar-refractivity contribution in [2.45, 2.75) is 62.6 Å². The highest BCUT2D eigenvalue weighted by Crippen LogP contribution is 2.57. The summed E-state index contributed by atoms with van der Waals surface area (Å²) in [4.78, 5) is 61.5. The number of cyclic esters (lactones) is 1. The molecule has 4 aliphatic rings. The van der Waals surface area contributed by atoms with E-state index in [1.54, 1.807) is 29.2 Å². The zero-order valence-electron chi connectivity index (χ0n) is 30.1. The van der Waals surface area contributed by atoms with Crippen molar-refractivity contribution in [2.24, 2.45) is 11.8 Å². The first-order valence-corrected chi connectivity index (χ1v) is 18.1. The van der Waals surface area contributed by atoms with Gasteiger partial charge in [-0.3, -0.25) is 19.2 Å². The Kier molecular flexibility index (Phi) is 10.3.